The van der Waals surface area contributed by atoms with Crippen molar-refractivity contribution in [2.45, 2.75) is 206 Å². The summed E-state index contributed by atoms with van der Waals surface area (Å²) < 4.78 is 49.9. The SMILES string of the molecule is Cc1cc(C2(c3ccc(OC4CCCCO4)c(C)c3)CCC(C(C)(C)C3CCC(c4ccc(OC5CCCCO5)c(C)c4)(c4ccc(OC5CCCCO5)c(C)c4)CC3)CC2)ccc1OC1CCCCO1. The Hall–Kier alpha value is -4.08. The molecule has 4 heterocycles. The minimum absolute atomic E-state index is 0.114. The first-order valence-electron chi connectivity index (χ1n) is 28.1. The van der Waals surface area contributed by atoms with Crippen LogP contribution in [0.5, 0.6) is 23.0 Å². The van der Waals surface area contributed by atoms with Gasteiger partial charge in [-0.05, 0) is 216 Å². The van der Waals surface area contributed by atoms with E-state index >= 15 is 0 Å². The Morgan fingerprint density at radius 1 is 0.366 bits per heavy atom. The highest BCUT2D eigenvalue weighted by molar-refractivity contribution is 5.50. The molecule has 8 nitrogen and oxygen atoms in total. The maximum atomic E-state index is 6.48. The van der Waals surface area contributed by atoms with Gasteiger partial charge in [0.05, 0.1) is 26.4 Å². The van der Waals surface area contributed by atoms with Crippen molar-refractivity contribution in [1.82, 2.24) is 0 Å². The van der Waals surface area contributed by atoms with Crippen molar-refractivity contribution in [2.24, 2.45) is 17.3 Å². The molecule has 6 fully saturated rings. The van der Waals surface area contributed by atoms with E-state index < -0.39 is 0 Å². The van der Waals surface area contributed by atoms with Gasteiger partial charge in [-0.2, -0.15) is 0 Å². The van der Waals surface area contributed by atoms with E-state index in [-0.39, 0.29) is 41.4 Å². The molecule has 0 radical (unpaired) electrons. The van der Waals surface area contributed by atoms with Crippen molar-refractivity contribution in [3.63, 3.8) is 0 Å². The molecule has 10 rings (SSSR count). The highest BCUT2D eigenvalue weighted by Crippen LogP contribution is 2.58. The van der Waals surface area contributed by atoms with Crippen molar-refractivity contribution in [3.8, 4) is 23.0 Å². The molecule has 6 aliphatic rings. The lowest BCUT2D eigenvalue weighted by Gasteiger charge is -2.52. The number of hydrogen-bond donors (Lipinski definition) is 0. The van der Waals surface area contributed by atoms with Crippen LogP contribution < -0.4 is 18.9 Å². The average Bonchev–Trinajstić information content (AvgIpc) is 3.40. The molecule has 4 unspecified atom stereocenters. The molecule has 0 amide bonds. The zero-order valence-corrected chi connectivity index (χ0v) is 44.1. The number of aryl methyl sites for hydroxylation is 4. The molecule has 4 atom stereocenters. The predicted molar refractivity (Wildman–Crippen MR) is 281 cm³/mol. The minimum Gasteiger partial charge on any atom is -0.465 e. The van der Waals surface area contributed by atoms with Crippen molar-refractivity contribution in [2.75, 3.05) is 26.4 Å². The summed E-state index contributed by atoms with van der Waals surface area (Å²) in [6.07, 6.45) is 21.3. The molecular formula is C63H84O8. The second-order valence-electron chi connectivity index (χ2n) is 23.1. The fourth-order valence-electron chi connectivity index (χ4n) is 13.6. The van der Waals surface area contributed by atoms with Gasteiger partial charge in [0.2, 0.25) is 0 Å². The number of rotatable bonds is 14. The number of hydrogen-bond acceptors (Lipinski definition) is 8. The normalized spacial score (nSPS) is 29.8. The molecule has 0 spiro atoms. The van der Waals surface area contributed by atoms with E-state index in [1.807, 2.05) is 0 Å². The van der Waals surface area contributed by atoms with Gasteiger partial charge in [-0.3, -0.25) is 0 Å². The monoisotopic (exact) mass is 969 g/mol. The van der Waals surface area contributed by atoms with Crippen LogP contribution in [0.4, 0.5) is 0 Å². The number of benzene rings is 4. The van der Waals surface area contributed by atoms with Gasteiger partial charge in [0.15, 0.2) is 25.2 Å². The third-order valence-electron chi connectivity index (χ3n) is 18.3. The van der Waals surface area contributed by atoms with Gasteiger partial charge >= 0.3 is 0 Å². The summed E-state index contributed by atoms with van der Waals surface area (Å²) in [4.78, 5) is 0. The lowest BCUT2D eigenvalue weighted by atomic mass is 9.53. The molecule has 8 heteroatoms. The topological polar surface area (TPSA) is 73.8 Å². The summed E-state index contributed by atoms with van der Waals surface area (Å²) >= 11 is 0. The fourth-order valence-corrected chi connectivity index (χ4v) is 13.6. The largest absolute Gasteiger partial charge is 0.465 e. The molecular weight excluding hydrogens is 885 g/mol. The van der Waals surface area contributed by atoms with Crippen LogP contribution in [0.15, 0.2) is 72.8 Å². The van der Waals surface area contributed by atoms with Crippen molar-refractivity contribution >= 4 is 0 Å². The summed E-state index contributed by atoms with van der Waals surface area (Å²) in [6, 6.07) is 28.0. The average molecular weight is 969 g/mol. The first-order chi connectivity index (χ1) is 34.5. The van der Waals surface area contributed by atoms with Gasteiger partial charge < -0.3 is 37.9 Å². The first-order valence-corrected chi connectivity index (χ1v) is 28.1. The molecule has 0 bridgehead atoms. The van der Waals surface area contributed by atoms with Crippen molar-refractivity contribution in [1.29, 1.82) is 0 Å². The highest BCUT2D eigenvalue weighted by Gasteiger charge is 2.48. The highest BCUT2D eigenvalue weighted by atomic mass is 16.7. The van der Waals surface area contributed by atoms with Gasteiger partial charge in [-0.25, -0.2) is 0 Å². The second-order valence-corrected chi connectivity index (χ2v) is 23.1. The molecule has 4 saturated heterocycles. The maximum Gasteiger partial charge on any atom is 0.199 e. The van der Waals surface area contributed by atoms with E-state index in [2.05, 4.69) is 114 Å². The molecule has 4 aromatic rings. The summed E-state index contributed by atoms with van der Waals surface area (Å²) in [5.41, 5.74) is 10.3. The second kappa shape index (κ2) is 22.2. The van der Waals surface area contributed by atoms with Gasteiger partial charge in [-0.15, -0.1) is 0 Å². The van der Waals surface area contributed by atoms with Gasteiger partial charge in [-0.1, -0.05) is 62.4 Å². The van der Waals surface area contributed by atoms with Crippen LogP contribution in [0.1, 0.15) is 187 Å². The van der Waals surface area contributed by atoms with Gasteiger partial charge in [0.1, 0.15) is 23.0 Å². The van der Waals surface area contributed by atoms with Crippen LogP contribution in [-0.2, 0) is 29.8 Å². The summed E-state index contributed by atoms with van der Waals surface area (Å²) in [6.45, 7) is 17.2. The van der Waals surface area contributed by atoms with Crippen LogP contribution in [-0.4, -0.2) is 51.6 Å². The smallest absolute Gasteiger partial charge is 0.199 e. The summed E-state index contributed by atoms with van der Waals surface area (Å²) in [5, 5.41) is 0. The predicted octanol–water partition coefficient (Wildman–Crippen LogP) is 15.2. The van der Waals surface area contributed by atoms with E-state index in [4.69, 9.17) is 37.9 Å². The Morgan fingerprint density at radius 3 is 0.831 bits per heavy atom. The fraction of sp³-hybridized carbons (Fsp3) is 0.619. The maximum absolute atomic E-state index is 6.48. The molecule has 0 aromatic heterocycles. The zero-order chi connectivity index (χ0) is 49.0. The van der Waals surface area contributed by atoms with Crippen LogP contribution in [0, 0.1) is 44.9 Å². The molecule has 2 saturated carbocycles. The zero-order valence-electron chi connectivity index (χ0n) is 44.1. The van der Waals surface area contributed by atoms with Crippen LogP contribution >= 0.6 is 0 Å². The molecule has 4 aromatic carbocycles. The molecule has 0 N–H and O–H groups in total. The Bertz CT molecular complexity index is 2070. The van der Waals surface area contributed by atoms with Crippen molar-refractivity contribution in [3.05, 3.63) is 117 Å². The summed E-state index contributed by atoms with van der Waals surface area (Å²) in [7, 11) is 0. The standard InChI is InChI=1S/C63H84O8/c1-43-39-49(19-23-53(43)68-57-15-7-11-35-64-57)62(50-20-24-54(44(2)40-50)69-58-16-8-12-36-65-58)31-27-47(28-32-62)61(5,6)48-29-33-63(34-30-48,51-21-25-55(45(3)41-51)70-59-17-9-13-37-66-59)52-22-26-56(46(4)42-52)71-60-18-10-14-38-67-60/h19-26,39-42,47-48,57-60H,7-18,27-38H2,1-6H3. The third-order valence-corrected chi connectivity index (χ3v) is 18.3. The molecule has 71 heavy (non-hydrogen) atoms. The first kappa shape index (κ1) is 50.5. The van der Waals surface area contributed by atoms with Crippen LogP contribution in [0.25, 0.3) is 0 Å². The Labute approximate surface area is 426 Å². The lowest BCUT2D eigenvalue weighted by molar-refractivity contribution is -0.106. The third kappa shape index (κ3) is 11.1. The Balaban J connectivity index is 0.895. The lowest BCUT2D eigenvalue weighted by Crippen LogP contribution is -2.43. The molecule has 384 valence electrons. The number of ether oxygens (including phenoxy) is 8. The molecule has 4 aliphatic heterocycles. The van der Waals surface area contributed by atoms with Gasteiger partial charge in [0, 0.05) is 36.5 Å². The van der Waals surface area contributed by atoms with Crippen LogP contribution in [0.2, 0.25) is 0 Å². The van der Waals surface area contributed by atoms with E-state index in [0.29, 0.717) is 11.8 Å². The van der Waals surface area contributed by atoms with E-state index in [9.17, 15) is 0 Å². The quantitative estimate of drug-likeness (QED) is 0.124. The minimum atomic E-state index is -0.162. The Morgan fingerprint density at radius 2 is 0.620 bits per heavy atom. The Kier molecular flexibility index (Phi) is 15.8. The van der Waals surface area contributed by atoms with Crippen molar-refractivity contribution < 1.29 is 37.9 Å². The van der Waals surface area contributed by atoms with Gasteiger partial charge in [0.25, 0.3) is 0 Å². The van der Waals surface area contributed by atoms with E-state index in [0.717, 1.165) is 152 Å². The van der Waals surface area contributed by atoms with Crippen LogP contribution in [0.3, 0.4) is 0 Å². The summed E-state index contributed by atoms with van der Waals surface area (Å²) in [5.74, 6) is 4.99. The van der Waals surface area contributed by atoms with E-state index in [1.54, 1.807) is 0 Å². The molecule has 2 aliphatic carbocycles. The van der Waals surface area contributed by atoms with E-state index in [1.165, 1.54) is 70.2 Å².